The summed E-state index contributed by atoms with van der Waals surface area (Å²) in [5, 5.41) is 10.9. The summed E-state index contributed by atoms with van der Waals surface area (Å²) in [4.78, 5) is 4.49. The van der Waals surface area contributed by atoms with Crippen LogP contribution in [0.1, 0.15) is 56.5 Å². The van der Waals surface area contributed by atoms with Crippen LogP contribution < -0.4 is 10.6 Å². The fraction of sp³-hybridized carbons (Fsp3) is 0.800. The van der Waals surface area contributed by atoms with Gasteiger partial charge in [-0.15, -0.1) is 11.3 Å². The molecule has 4 atom stereocenters. The van der Waals surface area contributed by atoms with E-state index in [1.165, 1.54) is 43.7 Å². The molecule has 0 bridgehead atoms. The lowest BCUT2D eigenvalue weighted by Gasteiger charge is -2.29. The third-order valence-electron chi connectivity index (χ3n) is 4.76. The monoisotopic (exact) mass is 279 g/mol. The Morgan fingerprint density at radius 1 is 1.42 bits per heavy atom. The van der Waals surface area contributed by atoms with Crippen LogP contribution in [0.25, 0.3) is 0 Å². The van der Waals surface area contributed by atoms with Crippen molar-refractivity contribution in [2.75, 3.05) is 6.54 Å². The molecule has 1 aromatic heterocycles. The quantitative estimate of drug-likeness (QED) is 0.869. The van der Waals surface area contributed by atoms with E-state index in [-0.39, 0.29) is 0 Å². The van der Waals surface area contributed by atoms with E-state index < -0.39 is 0 Å². The molecule has 3 rings (SSSR count). The van der Waals surface area contributed by atoms with Crippen LogP contribution in [0.4, 0.5) is 0 Å². The molecule has 0 amide bonds. The van der Waals surface area contributed by atoms with E-state index in [9.17, 15) is 0 Å². The van der Waals surface area contributed by atoms with Crippen LogP contribution in [-0.2, 0) is 0 Å². The number of rotatable bonds is 5. The summed E-state index contributed by atoms with van der Waals surface area (Å²) in [6, 6.07) is 1.89. The van der Waals surface area contributed by atoms with Crippen molar-refractivity contribution in [2.24, 2.45) is 5.92 Å². The van der Waals surface area contributed by atoms with E-state index in [2.05, 4.69) is 27.9 Å². The van der Waals surface area contributed by atoms with E-state index in [4.69, 9.17) is 0 Å². The molecular weight excluding hydrogens is 254 g/mol. The van der Waals surface area contributed by atoms with Crippen molar-refractivity contribution in [3.8, 4) is 0 Å². The second kappa shape index (κ2) is 6.33. The Morgan fingerprint density at radius 3 is 3.05 bits per heavy atom. The second-order valence-corrected chi connectivity index (χ2v) is 6.83. The van der Waals surface area contributed by atoms with Gasteiger partial charge < -0.3 is 10.6 Å². The summed E-state index contributed by atoms with van der Waals surface area (Å²) in [7, 11) is 0. The number of hydrogen-bond acceptors (Lipinski definition) is 4. The summed E-state index contributed by atoms with van der Waals surface area (Å²) in [6.45, 7) is 3.48. The van der Waals surface area contributed by atoms with Gasteiger partial charge in [0.25, 0.3) is 0 Å². The molecule has 2 fully saturated rings. The standard InChI is InChI=1S/C15H25N3S/c1-2-12(15-17-9-10-19-15)18-14-6-3-5-11(14)13-7-4-8-16-13/h9-14,16,18H,2-8H2,1H3. The zero-order valence-corrected chi connectivity index (χ0v) is 12.6. The van der Waals surface area contributed by atoms with Crippen molar-refractivity contribution in [1.82, 2.24) is 15.6 Å². The van der Waals surface area contributed by atoms with Gasteiger partial charge in [-0.05, 0) is 44.6 Å². The fourth-order valence-corrected chi connectivity index (χ4v) is 4.56. The van der Waals surface area contributed by atoms with Crippen LogP contribution in [0.3, 0.4) is 0 Å². The molecule has 1 saturated carbocycles. The Hall–Kier alpha value is -0.450. The minimum absolute atomic E-state index is 0.451. The Kier molecular flexibility index (Phi) is 4.51. The van der Waals surface area contributed by atoms with Gasteiger partial charge >= 0.3 is 0 Å². The molecule has 4 unspecified atom stereocenters. The predicted octanol–water partition coefficient (Wildman–Crippen LogP) is 3.10. The van der Waals surface area contributed by atoms with Gasteiger partial charge in [-0.25, -0.2) is 4.98 Å². The summed E-state index contributed by atoms with van der Waals surface area (Å²) in [6.07, 6.45) is 9.90. The van der Waals surface area contributed by atoms with E-state index in [1.54, 1.807) is 11.3 Å². The Labute approximate surface area is 120 Å². The molecule has 2 heterocycles. The molecule has 0 radical (unpaired) electrons. The number of aromatic nitrogens is 1. The molecule has 1 saturated heterocycles. The second-order valence-electron chi connectivity index (χ2n) is 5.90. The molecule has 1 aliphatic carbocycles. The van der Waals surface area contributed by atoms with Gasteiger partial charge in [0.05, 0.1) is 6.04 Å². The largest absolute Gasteiger partial charge is 0.314 e. The van der Waals surface area contributed by atoms with E-state index in [0.29, 0.717) is 12.1 Å². The Morgan fingerprint density at radius 2 is 2.37 bits per heavy atom. The molecule has 1 aromatic rings. The average Bonchev–Trinajstić information content (AvgIpc) is 3.15. The van der Waals surface area contributed by atoms with Gasteiger partial charge in [-0.2, -0.15) is 0 Å². The molecule has 2 N–H and O–H groups in total. The van der Waals surface area contributed by atoms with Crippen molar-refractivity contribution >= 4 is 11.3 Å². The molecule has 1 aliphatic heterocycles. The topological polar surface area (TPSA) is 37.0 Å². The van der Waals surface area contributed by atoms with Crippen LogP contribution in [0.5, 0.6) is 0 Å². The zero-order chi connectivity index (χ0) is 13.1. The summed E-state index contributed by atoms with van der Waals surface area (Å²) >= 11 is 1.78. The van der Waals surface area contributed by atoms with Crippen LogP contribution in [0.2, 0.25) is 0 Å². The van der Waals surface area contributed by atoms with E-state index >= 15 is 0 Å². The predicted molar refractivity (Wildman–Crippen MR) is 80.4 cm³/mol. The molecule has 0 aromatic carbocycles. The molecule has 19 heavy (non-hydrogen) atoms. The molecule has 0 spiro atoms. The number of nitrogens with zero attached hydrogens (tertiary/aromatic N) is 1. The number of thiazole rings is 1. The SMILES string of the molecule is CCC(NC1CCCC1C1CCCN1)c1nccs1. The summed E-state index contributed by atoms with van der Waals surface area (Å²) in [5.41, 5.74) is 0. The van der Waals surface area contributed by atoms with Gasteiger partial charge in [0.15, 0.2) is 0 Å². The molecule has 4 heteroatoms. The fourth-order valence-electron chi connectivity index (χ4n) is 3.78. The zero-order valence-electron chi connectivity index (χ0n) is 11.8. The highest BCUT2D eigenvalue weighted by Crippen LogP contribution is 2.34. The van der Waals surface area contributed by atoms with Gasteiger partial charge in [-0.3, -0.25) is 0 Å². The lowest BCUT2D eigenvalue weighted by atomic mass is 9.92. The maximum absolute atomic E-state index is 4.49. The third kappa shape index (κ3) is 3.01. The molecule has 106 valence electrons. The van der Waals surface area contributed by atoms with Gasteiger partial charge in [0.1, 0.15) is 5.01 Å². The summed E-state index contributed by atoms with van der Waals surface area (Å²) < 4.78 is 0. The number of hydrogen-bond donors (Lipinski definition) is 2. The minimum atomic E-state index is 0.451. The summed E-state index contributed by atoms with van der Waals surface area (Å²) in [5.74, 6) is 0.830. The van der Waals surface area contributed by atoms with Gasteiger partial charge in [0.2, 0.25) is 0 Å². The molecule has 2 aliphatic rings. The van der Waals surface area contributed by atoms with Gasteiger partial charge in [0, 0.05) is 23.7 Å². The van der Waals surface area contributed by atoms with Crippen LogP contribution in [-0.4, -0.2) is 23.6 Å². The van der Waals surface area contributed by atoms with Crippen molar-refractivity contribution in [2.45, 2.75) is 63.6 Å². The molecular formula is C15H25N3S. The third-order valence-corrected chi connectivity index (χ3v) is 5.65. The lowest BCUT2D eigenvalue weighted by molar-refractivity contribution is 0.295. The van der Waals surface area contributed by atoms with E-state index in [0.717, 1.165) is 18.4 Å². The van der Waals surface area contributed by atoms with Gasteiger partial charge in [-0.1, -0.05) is 13.3 Å². The Bertz CT molecular complexity index is 373. The normalized spacial score (nSPS) is 32.8. The number of nitrogens with one attached hydrogen (secondary N) is 2. The van der Waals surface area contributed by atoms with E-state index in [1.807, 2.05) is 6.20 Å². The highest BCUT2D eigenvalue weighted by atomic mass is 32.1. The van der Waals surface area contributed by atoms with Crippen LogP contribution >= 0.6 is 11.3 Å². The smallest absolute Gasteiger partial charge is 0.109 e. The highest BCUT2D eigenvalue weighted by molar-refractivity contribution is 7.09. The Balaban J connectivity index is 1.63. The van der Waals surface area contributed by atoms with Crippen molar-refractivity contribution in [3.05, 3.63) is 16.6 Å². The maximum atomic E-state index is 4.49. The lowest BCUT2D eigenvalue weighted by Crippen LogP contribution is -2.43. The maximum Gasteiger partial charge on any atom is 0.109 e. The molecule has 3 nitrogen and oxygen atoms in total. The minimum Gasteiger partial charge on any atom is -0.314 e. The first kappa shape index (κ1) is 13.5. The van der Waals surface area contributed by atoms with Crippen molar-refractivity contribution in [3.63, 3.8) is 0 Å². The highest BCUT2D eigenvalue weighted by Gasteiger charge is 2.35. The van der Waals surface area contributed by atoms with Crippen molar-refractivity contribution in [1.29, 1.82) is 0 Å². The average molecular weight is 279 g/mol. The first-order valence-electron chi connectivity index (χ1n) is 7.77. The van der Waals surface area contributed by atoms with Crippen LogP contribution in [0, 0.1) is 5.92 Å². The first-order chi connectivity index (χ1) is 9.38. The first-order valence-corrected chi connectivity index (χ1v) is 8.65. The van der Waals surface area contributed by atoms with Crippen molar-refractivity contribution < 1.29 is 0 Å². The van der Waals surface area contributed by atoms with Crippen LogP contribution in [0.15, 0.2) is 11.6 Å².